The molecular formula is C48H35F2N3. The van der Waals surface area contributed by atoms with Crippen LogP contribution in [0.25, 0.3) is 38.3 Å². The molecule has 256 valence electrons. The van der Waals surface area contributed by atoms with Gasteiger partial charge in [-0.2, -0.15) is 0 Å². The zero-order chi connectivity index (χ0) is 36.1. The van der Waals surface area contributed by atoms with Crippen molar-refractivity contribution in [1.82, 2.24) is 4.57 Å². The Hall–Kier alpha value is -6.72. The minimum atomic E-state index is -0.297. The molecule has 0 spiro atoms. The number of aromatic nitrogens is 1. The molecule has 1 aromatic heterocycles. The summed E-state index contributed by atoms with van der Waals surface area (Å²) in [6, 6.07) is 57.6. The molecule has 0 aliphatic rings. The van der Waals surface area contributed by atoms with E-state index < -0.39 is 0 Å². The number of para-hydroxylation sites is 3. The molecule has 0 amide bonds. The Labute approximate surface area is 307 Å². The van der Waals surface area contributed by atoms with Gasteiger partial charge in [0.1, 0.15) is 11.6 Å². The van der Waals surface area contributed by atoms with Gasteiger partial charge in [0.15, 0.2) is 0 Å². The van der Waals surface area contributed by atoms with E-state index in [9.17, 15) is 0 Å². The van der Waals surface area contributed by atoms with Crippen LogP contribution < -0.4 is 9.80 Å². The molecule has 0 N–H and O–H groups in total. The zero-order valence-corrected chi connectivity index (χ0v) is 29.3. The third-order valence-corrected chi connectivity index (χ3v) is 9.99. The summed E-state index contributed by atoms with van der Waals surface area (Å²) in [4.78, 5) is 3.95. The van der Waals surface area contributed by atoms with E-state index in [1.165, 1.54) is 12.1 Å². The third-order valence-electron chi connectivity index (χ3n) is 9.99. The third kappa shape index (κ3) is 5.77. The van der Waals surface area contributed by atoms with E-state index in [1.807, 2.05) is 95.6 Å². The highest BCUT2D eigenvalue weighted by atomic mass is 19.1. The predicted molar refractivity (Wildman–Crippen MR) is 217 cm³/mol. The van der Waals surface area contributed by atoms with Crippen LogP contribution in [-0.2, 0) is 0 Å². The quantitative estimate of drug-likeness (QED) is 0.165. The Morgan fingerprint density at radius 3 is 1.47 bits per heavy atom. The van der Waals surface area contributed by atoms with Gasteiger partial charge in [-0.1, -0.05) is 90.0 Å². The van der Waals surface area contributed by atoms with Crippen molar-refractivity contribution in [2.45, 2.75) is 13.8 Å². The van der Waals surface area contributed by atoms with Crippen molar-refractivity contribution >= 4 is 66.7 Å². The lowest BCUT2D eigenvalue weighted by Gasteiger charge is -2.26. The van der Waals surface area contributed by atoms with Crippen molar-refractivity contribution in [3.63, 3.8) is 0 Å². The van der Waals surface area contributed by atoms with Crippen molar-refractivity contribution < 1.29 is 8.78 Å². The first-order valence-corrected chi connectivity index (χ1v) is 17.7. The number of benzene rings is 8. The minimum Gasteiger partial charge on any atom is -0.309 e. The van der Waals surface area contributed by atoms with E-state index in [4.69, 9.17) is 0 Å². The summed E-state index contributed by atoms with van der Waals surface area (Å²) in [6.07, 6.45) is 0. The van der Waals surface area contributed by atoms with Crippen LogP contribution in [0.4, 0.5) is 42.9 Å². The van der Waals surface area contributed by atoms with Crippen molar-refractivity contribution in [3.05, 3.63) is 199 Å². The summed E-state index contributed by atoms with van der Waals surface area (Å²) >= 11 is 0. The number of fused-ring (bicyclic) bond motifs is 4. The fourth-order valence-electron chi connectivity index (χ4n) is 7.38. The lowest BCUT2D eigenvalue weighted by molar-refractivity contribution is 0.628. The topological polar surface area (TPSA) is 11.4 Å². The molecule has 0 aliphatic carbocycles. The van der Waals surface area contributed by atoms with Crippen LogP contribution in [-0.4, -0.2) is 4.57 Å². The molecule has 0 radical (unpaired) electrons. The molecule has 0 atom stereocenters. The average Bonchev–Trinajstić information content (AvgIpc) is 3.49. The van der Waals surface area contributed by atoms with Gasteiger partial charge in [-0.25, -0.2) is 8.78 Å². The van der Waals surface area contributed by atoms with E-state index >= 15 is 8.78 Å². The average molecular weight is 692 g/mol. The van der Waals surface area contributed by atoms with Gasteiger partial charge in [-0.15, -0.1) is 0 Å². The molecular weight excluding hydrogens is 657 g/mol. The summed E-state index contributed by atoms with van der Waals surface area (Å²) in [6.45, 7) is 4.10. The Kier molecular flexibility index (Phi) is 7.97. The predicted octanol–water partition coefficient (Wildman–Crippen LogP) is 13.8. The highest BCUT2D eigenvalue weighted by molar-refractivity contribution is 6.14. The van der Waals surface area contributed by atoms with Crippen LogP contribution in [0, 0.1) is 25.5 Å². The van der Waals surface area contributed by atoms with Gasteiger partial charge >= 0.3 is 0 Å². The number of hydrogen-bond acceptors (Lipinski definition) is 2. The number of halogens is 2. The maximum absolute atomic E-state index is 15.6. The number of hydrogen-bond donors (Lipinski definition) is 0. The lowest BCUT2D eigenvalue weighted by Crippen LogP contribution is -2.11. The van der Waals surface area contributed by atoms with Gasteiger partial charge < -0.3 is 14.4 Å². The van der Waals surface area contributed by atoms with Crippen molar-refractivity contribution in [2.75, 3.05) is 9.80 Å². The monoisotopic (exact) mass is 691 g/mol. The maximum atomic E-state index is 15.6. The zero-order valence-electron chi connectivity index (χ0n) is 29.3. The smallest absolute Gasteiger partial charge is 0.147 e. The Morgan fingerprint density at radius 2 is 0.887 bits per heavy atom. The van der Waals surface area contributed by atoms with Gasteiger partial charge in [-0.05, 0) is 122 Å². The molecule has 53 heavy (non-hydrogen) atoms. The molecule has 8 aromatic carbocycles. The number of rotatable bonds is 7. The van der Waals surface area contributed by atoms with Crippen molar-refractivity contribution in [3.8, 4) is 5.69 Å². The Bertz CT molecular complexity index is 2770. The van der Waals surface area contributed by atoms with Gasteiger partial charge in [0.2, 0.25) is 0 Å². The summed E-state index contributed by atoms with van der Waals surface area (Å²) < 4.78 is 33.3. The first kappa shape index (κ1) is 32.2. The van der Waals surface area contributed by atoms with E-state index in [-0.39, 0.29) is 11.6 Å². The molecule has 0 bridgehead atoms. The molecule has 0 saturated heterocycles. The van der Waals surface area contributed by atoms with Gasteiger partial charge in [0, 0.05) is 39.2 Å². The Morgan fingerprint density at radius 1 is 0.396 bits per heavy atom. The fourth-order valence-corrected chi connectivity index (χ4v) is 7.38. The molecule has 0 fully saturated rings. The minimum absolute atomic E-state index is 0.293. The highest BCUT2D eigenvalue weighted by Gasteiger charge is 2.21. The number of aryl methyl sites for hydroxylation is 2. The van der Waals surface area contributed by atoms with E-state index in [2.05, 4.69) is 84.3 Å². The van der Waals surface area contributed by atoms with Crippen LogP contribution in [0.5, 0.6) is 0 Å². The van der Waals surface area contributed by atoms with Gasteiger partial charge in [0.25, 0.3) is 0 Å². The first-order chi connectivity index (χ1) is 25.9. The highest BCUT2D eigenvalue weighted by Crippen LogP contribution is 2.43. The molecule has 0 aliphatic heterocycles. The lowest BCUT2D eigenvalue weighted by atomic mass is 10.0. The molecule has 0 unspecified atom stereocenters. The van der Waals surface area contributed by atoms with E-state index in [1.54, 1.807) is 12.1 Å². The van der Waals surface area contributed by atoms with Crippen molar-refractivity contribution in [1.29, 1.82) is 0 Å². The number of anilines is 6. The van der Waals surface area contributed by atoms with Crippen LogP contribution >= 0.6 is 0 Å². The maximum Gasteiger partial charge on any atom is 0.147 e. The summed E-state index contributed by atoms with van der Waals surface area (Å²) in [5.41, 5.74) is 9.72. The van der Waals surface area contributed by atoms with Crippen molar-refractivity contribution in [2.24, 2.45) is 0 Å². The second-order valence-corrected chi connectivity index (χ2v) is 13.5. The number of nitrogens with zero attached hydrogens (tertiary/aromatic N) is 3. The second-order valence-electron chi connectivity index (χ2n) is 13.5. The molecule has 1 heterocycles. The van der Waals surface area contributed by atoms with Crippen LogP contribution in [0.3, 0.4) is 0 Å². The normalized spacial score (nSPS) is 11.4. The van der Waals surface area contributed by atoms with Gasteiger partial charge in [0.05, 0.1) is 22.4 Å². The summed E-state index contributed by atoms with van der Waals surface area (Å²) in [7, 11) is 0. The fraction of sp³-hybridized carbons (Fsp3) is 0.0417. The second kappa shape index (κ2) is 13.1. The van der Waals surface area contributed by atoms with Crippen LogP contribution in [0.2, 0.25) is 0 Å². The van der Waals surface area contributed by atoms with E-state index in [0.29, 0.717) is 11.4 Å². The molecule has 0 saturated carbocycles. The first-order valence-electron chi connectivity index (χ1n) is 17.7. The molecule has 5 heteroatoms. The Balaban J connectivity index is 1.28. The molecule has 9 rings (SSSR count). The summed E-state index contributed by atoms with van der Waals surface area (Å²) in [5.74, 6) is -0.590. The van der Waals surface area contributed by atoms with Crippen LogP contribution in [0.15, 0.2) is 176 Å². The summed E-state index contributed by atoms with van der Waals surface area (Å²) in [5, 5.41) is 4.29. The van der Waals surface area contributed by atoms with Crippen LogP contribution in [0.1, 0.15) is 11.1 Å². The van der Waals surface area contributed by atoms with Gasteiger partial charge in [-0.3, -0.25) is 0 Å². The van der Waals surface area contributed by atoms with E-state index in [0.717, 1.165) is 72.1 Å². The largest absolute Gasteiger partial charge is 0.309 e. The molecule has 3 nitrogen and oxygen atoms in total. The SMILES string of the molecule is Cc1ccc(N(c2ccc3cc4c5ccc(N(c6ccc(C)cc6)c6ccccc6F)cc5n(-c5ccccc5)c4cc3c2)c2ccccc2F)cc1. The standard InChI is InChI=1S/C48H35F2N3/c1-32-16-21-37(22-17-32)51(45-14-8-6-12-43(45)49)39-25-20-34-29-42-41-27-26-40(52(38-23-18-33(2)19-24-38)46-15-9-7-13-44(46)50)31-48(41)53(36-10-4-3-5-11-36)47(42)30-35(34)28-39/h3-31H,1-2H3. The molecule has 9 aromatic rings.